The minimum absolute atomic E-state index is 0.0666. The van der Waals surface area contributed by atoms with Gasteiger partial charge in [0.2, 0.25) is 5.91 Å². The van der Waals surface area contributed by atoms with Crippen LogP contribution in [0.3, 0.4) is 0 Å². The fraction of sp³-hybridized carbons (Fsp3) is 0.750. The van der Waals surface area contributed by atoms with Crippen LogP contribution in [0.15, 0.2) is 12.4 Å². The average molecular weight is 291 g/mol. The quantitative estimate of drug-likeness (QED) is 0.925. The molecule has 0 unspecified atom stereocenters. The Morgan fingerprint density at radius 2 is 2.29 bits per heavy atom. The van der Waals surface area contributed by atoms with Crippen LogP contribution < -0.4 is 5.32 Å². The van der Waals surface area contributed by atoms with Crippen molar-refractivity contribution in [2.45, 2.75) is 70.1 Å². The van der Waals surface area contributed by atoms with E-state index in [-0.39, 0.29) is 17.6 Å². The van der Waals surface area contributed by atoms with Crippen LogP contribution in [0.4, 0.5) is 0 Å². The molecule has 21 heavy (non-hydrogen) atoms. The Kier molecular flexibility index (Phi) is 4.29. The largest absolute Gasteiger partial charge is 0.373 e. The number of hydrogen-bond donors (Lipinski definition) is 1. The van der Waals surface area contributed by atoms with E-state index >= 15 is 0 Å². The summed E-state index contributed by atoms with van der Waals surface area (Å²) in [6, 6.07) is 0.194. The molecule has 0 radical (unpaired) electrons. The molecule has 1 aromatic heterocycles. The van der Waals surface area contributed by atoms with Gasteiger partial charge in [-0.1, -0.05) is 19.3 Å². The van der Waals surface area contributed by atoms with Gasteiger partial charge in [0.15, 0.2) is 0 Å². The molecule has 1 saturated heterocycles. The van der Waals surface area contributed by atoms with Crippen molar-refractivity contribution in [3.8, 4) is 0 Å². The number of ether oxygens (including phenoxy) is 1. The second-order valence-corrected chi connectivity index (χ2v) is 6.44. The average Bonchev–Trinajstić information content (AvgIpc) is 3.05. The zero-order valence-corrected chi connectivity index (χ0v) is 12.8. The minimum atomic E-state index is 0.0666. The Labute approximate surface area is 126 Å². The first-order chi connectivity index (χ1) is 10.2. The van der Waals surface area contributed by atoms with Crippen molar-refractivity contribution in [3.63, 3.8) is 0 Å². The molecule has 1 aliphatic carbocycles. The molecule has 1 amide bonds. The van der Waals surface area contributed by atoms with E-state index in [0.29, 0.717) is 19.6 Å². The van der Waals surface area contributed by atoms with Gasteiger partial charge in [0.1, 0.15) is 5.82 Å². The van der Waals surface area contributed by atoms with Gasteiger partial charge in [0.05, 0.1) is 18.2 Å². The van der Waals surface area contributed by atoms with Crippen LogP contribution in [0.2, 0.25) is 0 Å². The maximum Gasteiger partial charge on any atom is 0.222 e. The van der Waals surface area contributed by atoms with Gasteiger partial charge in [-0.15, -0.1) is 0 Å². The molecule has 0 aromatic carbocycles. The van der Waals surface area contributed by atoms with Crippen LogP contribution in [-0.2, 0) is 16.1 Å². The Morgan fingerprint density at radius 1 is 1.48 bits per heavy atom. The van der Waals surface area contributed by atoms with Crippen LogP contribution in [0, 0.1) is 6.92 Å². The third kappa shape index (κ3) is 3.46. The van der Waals surface area contributed by atoms with E-state index in [4.69, 9.17) is 4.74 Å². The lowest BCUT2D eigenvalue weighted by Crippen LogP contribution is -2.37. The summed E-state index contributed by atoms with van der Waals surface area (Å²) in [5.41, 5.74) is 0.0666. The van der Waals surface area contributed by atoms with Crippen LogP contribution in [0.25, 0.3) is 0 Å². The van der Waals surface area contributed by atoms with E-state index in [2.05, 4.69) is 10.3 Å². The van der Waals surface area contributed by atoms with E-state index in [9.17, 15) is 4.79 Å². The summed E-state index contributed by atoms with van der Waals surface area (Å²) in [5, 5.41) is 3.13. The highest BCUT2D eigenvalue weighted by molar-refractivity contribution is 5.76. The molecule has 116 valence electrons. The number of amides is 1. The molecule has 1 aromatic rings. The van der Waals surface area contributed by atoms with E-state index in [1.54, 1.807) is 6.20 Å². The fourth-order valence-electron chi connectivity index (χ4n) is 3.64. The summed E-state index contributed by atoms with van der Waals surface area (Å²) in [6.07, 6.45) is 11.3. The van der Waals surface area contributed by atoms with Crippen molar-refractivity contribution in [1.29, 1.82) is 0 Å². The molecule has 5 nitrogen and oxygen atoms in total. The smallest absolute Gasteiger partial charge is 0.222 e. The standard InChI is InChI=1S/C16H25N3O2/c1-13-17-8-10-19(13)9-5-15(20)18-14-11-16(21-12-14)6-3-2-4-7-16/h8,10,14H,2-7,9,11-12H2,1H3,(H,18,20)/t14-/m1/s1. The summed E-state index contributed by atoms with van der Waals surface area (Å²) < 4.78 is 8.04. The van der Waals surface area contributed by atoms with Crippen molar-refractivity contribution in [2.75, 3.05) is 6.61 Å². The van der Waals surface area contributed by atoms with Crippen LogP contribution in [0.5, 0.6) is 0 Å². The lowest BCUT2D eigenvalue weighted by atomic mass is 9.82. The summed E-state index contributed by atoms with van der Waals surface area (Å²) in [6.45, 7) is 3.32. The van der Waals surface area contributed by atoms with Crippen LogP contribution in [-0.4, -0.2) is 33.7 Å². The number of nitrogens with one attached hydrogen (secondary N) is 1. The summed E-state index contributed by atoms with van der Waals surface area (Å²) in [4.78, 5) is 16.2. The highest BCUT2D eigenvalue weighted by Crippen LogP contribution is 2.39. The third-order valence-corrected chi connectivity index (χ3v) is 4.84. The number of rotatable bonds is 4. The number of hydrogen-bond acceptors (Lipinski definition) is 3. The molecule has 2 heterocycles. The molecule has 1 spiro atoms. The molecular formula is C16H25N3O2. The first-order valence-corrected chi connectivity index (χ1v) is 8.08. The Bertz CT molecular complexity index is 491. The molecular weight excluding hydrogens is 266 g/mol. The van der Waals surface area contributed by atoms with Gasteiger partial charge in [-0.05, 0) is 26.2 Å². The molecule has 3 rings (SSSR count). The predicted octanol–water partition coefficient (Wildman–Crippen LogP) is 2.19. The molecule has 0 bridgehead atoms. The van der Waals surface area contributed by atoms with Gasteiger partial charge in [0, 0.05) is 25.4 Å². The van der Waals surface area contributed by atoms with Crippen molar-refractivity contribution >= 4 is 5.91 Å². The summed E-state index contributed by atoms with van der Waals surface area (Å²) in [7, 11) is 0. The van der Waals surface area contributed by atoms with E-state index in [1.165, 1.54) is 19.3 Å². The summed E-state index contributed by atoms with van der Waals surface area (Å²) in [5.74, 6) is 1.07. The fourth-order valence-corrected chi connectivity index (χ4v) is 3.64. The highest BCUT2D eigenvalue weighted by atomic mass is 16.5. The second kappa shape index (κ2) is 6.18. The van der Waals surface area contributed by atoms with E-state index in [0.717, 1.165) is 25.1 Å². The molecule has 5 heteroatoms. The van der Waals surface area contributed by atoms with E-state index in [1.807, 2.05) is 17.7 Å². The lowest BCUT2D eigenvalue weighted by Gasteiger charge is -2.32. The lowest BCUT2D eigenvalue weighted by molar-refractivity contribution is -0.122. The number of imidazole rings is 1. The zero-order chi connectivity index (χ0) is 14.7. The van der Waals surface area contributed by atoms with Gasteiger partial charge in [0.25, 0.3) is 0 Å². The Hall–Kier alpha value is -1.36. The third-order valence-electron chi connectivity index (χ3n) is 4.84. The number of nitrogens with zero attached hydrogens (tertiary/aromatic N) is 2. The molecule has 1 N–H and O–H groups in total. The Balaban J connectivity index is 1.44. The van der Waals surface area contributed by atoms with Crippen molar-refractivity contribution < 1.29 is 9.53 Å². The number of aryl methyl sites for hydroxylation is 2. The first kappa shape index (κ1) is 14.6. The minimum Gasteiger partial charge on any atom is -0.373 e. The van der Waals surface area contributed by atoms with Gasteiger partial charge in [-0.2, -0.15) is 0 Å². The van der Waals surface area contributed by atoms with Crippen LogP contribution in [0.1, 0.15) is 50.8 Å². The SMILES string of the molecule is Cc1nccn1CCC(=O)N[C@H]1COC2(CCCCC2)C1. The zero-order valence-electron chi connectivity index (χ0n) is 12.8. The molecule has 2 fully saturated rings. The van der Waals surface area contributed by atoms with Gasteiger partial charge in [-0.25, -0.2) is 4.98 Å². The van der Waals surface area contributed by atoms with Crippen molar-refractivity contribution in [1.82, 2.24) is 14.9 Å². The maximum atomic E-state index is 12.1. The topological polar surface area (TPSA) is 56.2 Å². The Morgan fingerprint density at radius 3 is 3.00 bits per heavy atom. The number of aromatic nitrogens is 2. The van der Waals surface area contributed by atoms with Gasteiger partial charge in [-0.3, -0.25) is 4.79 Å². The predicted molar refractivity (Wildman–Crippen MR) is 79.9 cm³/mol. The van der Waals surface area contributed by atoms with Gasteiger partial charge < -0.3 is 14.6 Å². The number of carbonyl (C=O) groups excluding carboxylic acids is 1. The second-order valence-electron chi connectivity index (χ2n) is 6.44. The number of carbonyl (C=O) groups is 1. The molecule has 1 atom stereocenters. The highest BCUT2D eigenvalue weighted by Gasteiger charge is 2.41. The normalized spacial score (nSPS) is 24.3. The van der Waals surface area contributed by atoms with Crippen molar-refractivity contribution in [2.24, 2.45) is 0 Å². The molecule has 1 saturated carbocycles. The first-order valence-electron chi connectivity index (χ1n) is 8.08. The van der Waals surface area contributed by atoms with Gasteiger partial charge >= 0.3 is 0 Å². The van der Waals surface area contributed by atoms with Crippen LogP contribution >= 0.6 is 0 Å². The summed E-state index contributed by atoms with van der Waals surface area (Å²) >= 11 is 0. The van der Waals surface area contributed by atoms with Crippen molar-refractivity contribution in [3.05, 3.63) is 18.2 Å². The maximum absolute atomic E-state index is 12.1. The molecule has 2 aliphatic rings. The molecule has 1 aliphatic heterocycles. The monoisotopic (exact) mass is 291 g/mol. The van der Waals surface area contributed by atoms with E-state index < -0.39 is 0 Å².